The summed E-state index contributed by atoms with van der Waals surface area (Å²) in [5.74, 6) is -0.348. The van der Waals surface area contributed by atoms with E-state index in [1.165, 1.54) is 0 Å². The van der Waals surface area contributed by atoms with E-state index in [9.17, 15) is 14.7 Å². The Bertz CT molecular complexity index is 1090. The van der Waals surface area contributed by atoms with Gasteiger partial charge in [-0.05, 0) is 29.8 Å². The van der Waals surface area contributed by atoms with Crippen LogP contribution in [-0.2, 0) is 6.42 Å². The number of benzene rings is 2. The number of halogens is 1. The maximum absolute atomic E-state index is 12.5. The number of quaternary nitrogens is 1. The van der Waals surface area contributed by atoms with Gasteiger partial charge < -0.3 is 10.4 Å². The molecule has 4 rings (SSSR count). The predicted molar refractivity (Wildman–Crippen MR) is 98.1 cm³/mol. The Labute approximate surface area is 153 Å². The molecule has 1 aliphatic heterocycles. The molecule has 2 heterocycles. The zero-order valence-electron chi connectivity index (χ0n) is 13.8. The summed E-state index contributed by atoms with van der Waals surface area (Å²) in [6.45, 7) is 0.792. The third-order valence-corrected chi connectivity index (χ3v) is 4.97. The van der Waals surface area contributed by atoms with E-state index in [-0.39, 0.29) is 17.5 Å². The summed E-state index contributed by atoms with van der Waals surface area (Å²) in [5.41, 5.74) is 1.45. The molecule has 26 heavy (non-hydrogen) atoms. The van der Waals surface area contributed by atoms with E-state index in [1.54, 1.807) is 24.3 Å². The van der Waals surface area contributed by atoms with Crippen molar-refractivity contribution in [1.82, 2.24) is 9.55 Å². The Morgan fingerprint density at radius 2 is 1.85 bits per heavy atom. The third-order valence-electron chi connectivity index (χ3n) is 4.72. The minimum absolute atomic E-state index is 0.173. The highest BCUT2D eigenvalue weighted by Crippen LogP contribution is 2.28. The highest BCUT2D eigenvalue weighted by Gasteiger charge is 2.31. The van der Waals surface area contributed by atoms with E-state index in [0.717, 1.165) is 28.7 Å². The van der Waals surface area contributed by atoms with Crippen LogP contribution in [0.15, 0.2) is 58.1 Å². The van der Waals surface area contributed by atoms with Gasteiger partial charge in [-0.25, -0.2) is 9.36 Å². The largest absolute Gasteiger partial charge is 0.494 e. The fraction of sp³-hybridized carbons (Fsp3) is 0.158. The number of nitrogens with one attached hydrogen (secondary N) is 1. The molecule has 0 aliphatic carbocycles. The molecule has 1 aromatic heterocycles. The average Bonchev–Trinajstić information content (AvgIpc) is 2.63. The Balaban J connectivity index is 1.94. The molecule has 0 spiro atoms. The highest BCUT2D eigenvalue weighted by atomic mass is 35.5. The lowest BCUT2D eigenvalue weighted by Gasteiger charge is -2.24. The summed E-state index contributed by atoms with van der Waals surface area (Å²) in [6, 6.07) is 13.9. The fourth-order valence-electron chi connectivity index (χ4n) is 3.52. The lowest BCUT2D eigenvalue weighted by molar-refractivity contribution is -0.690. The minimum atomic E-state index is -0.692. The third kappa shape index (κ3) is 2.73. The van der Waals surface area contributed by atoms with Crippen LogP contribution in [0, 0.1) is 0 Å². The molecule has 0 amide bonds. The lowest BCUT2D eigenvalue weighted by atomic mass is 9.90. The minimum Gasteiger partial charge on any atom is -0.494 e. The second-order valence-electron chi connectivity index (χ2n) is 6.26. The van der Waals surface area contributed by atoms with Crippen LogP contribution < -0.4 is 16.6 Å². The summed E-state index contributed by atoms with van der Waals surface area (Å²) in [7, 11) is 0. The van der Waals surface area contributed by atoms with Crippen LogP contribution in [0.25, 0.3) is 5.69 Å². The summed E-state index contributed by atoms with van der Waals surface area (Å²) >= 11 is 5.90. The second kappa shape index (κ2) is 6.48. The average molecular weight is 371 g/mol. The molecule has 3 aromatic rings. The first kappa shape index (κ1) is 16.6. The molecule has 0 fully saturated rings. The zero-order valence-corrected chi connectivity index (χ0v) is 14.5. The molecule has 1 aliphatic rings. The van der Waals surface area contributed by atoms with Crippen LogP contribution in [-0.4, -0.2) is 21.2 Å². The van der Waals surface area contributed by atoms with Crippen molar-refractivity contribution < 1.29 is 10.4 Å². The quantitative estimate of drug-likeness (QED) is 0.630. The van der Waals surface area contributed by atoms with E-state index < -0.39 is 11.2 Å². The Morgan fingerprint density at radius 1 is 1.12 bits per heavy atom. The van der Waals surface area contributed by atoms with E-state index in [2.05, 4.69) is 4.98 Å². The number of hydrogen-bond acceptors (Lipinski definition) is 3. The van der Waals surface area contributed by atoms with Gasteiger partial charge in [-0.15, -0.1) is 0 Å². The van der Waals surface area contributed by atoms with Crippen molar-refractivity contribution in [2.45, 2.75) is 12.5 Å². The van der Waals surface area contributed by atoms with Crippen LogP contribution in [0.5, 0.6) is 5.88 Å². The van der Waals surface area contributed by atoms with E-state index in [4.69, 9.17) is 11.6 Å². The standard InChI is InChI=1S/C19H16ClN3O3/c20-12-5-7-13(8-6-12)23-18(25)15(17(24)22-19(23)26)16-14-4-2-1-3-11(14)9-10-21-16/h1-8,16,21,25H,9-10H2,(H,22,24,26)/p+1/t16-/m1/s1. The van der Waals surface area contributed by atoms with E-state index in [1.807, 2.05) is 29.6 Å². The smallest absolute Gasteiger partial charge is 0.335 e. The van der Waals surface area contributed by atoms with Gasteiger partial charge in [-0.3, -0.25) is 9.78 Å². The van der Waals surface area contributed by atoms with Gasteiger partial charge in [0.1, 0.15) is 11.6 Å². The van der Waals surface area contributed by atoms with E-state index >= 15 is 0 Å². The van der Waals surface area contributed by atoms with Crippen molar-refractivity contribution in [1.29, 1.82) is 0 Å². The van der Waals surface area contributed by atoms with Crippen LogP contribution in [0.1, 0.15) is 22.7 Å². The summed E-state index contributed by atoms with van der Waals surface area (Å²) in [4.78, 5) is 27.2. The number of aromatic nitrogens is 2. The highest BCUT2D eigenvalue weighted by molar-refractivity contribution is 6.30. The van der Waals surface area contributed by atoms with Gasteiger partial charge in [0, 0.05) is 17.0 Å². The molecule has 2 aromatic carbocycles. The predicted octanol–water partition coefficient (Wildman–Crippen LogP) is 1.09. The van der Waals surface area contributed by atoms with Gasteiger partial charge in [0.05, 0.1) is 12.2 Å². The number of aromatic hydroxyl groups is 1. The van der Waals surface area contributed by atoms with Crippen molar-refractivity contribution in [2.75, 3.05) is 6.54 Å². The van der Waals surface area contributed by atoms with Gasteiger partial charge in [-0.2, -0.15) is 0 Å². The molecule has 0 saturated heterocycles. The monoisotopic (exact) mass is 370 g/mol. The molecule has 0 unspecified atom stereocenters. The molecule has 6 nitrogen and oxygen atoms in total. The molecular weight excluding hydrogens is 354 g/mol. The molecule has 7 heteroatoms. The first-order chi connectivity index (χ1) is 12.6. The summed E-state index contributed by atoms with van der Waals surface area (Å²) in [6.07, 6.45) is 0.891. The Hall–Kier alpha value is -2.83. The number of aromatic amines is 1. The SMILES string of the molecule is O=c1[nH]c(=O)n(-c2ccc(Cl)cc2)c(O)c1[C@@H]1[NH2+]CCc2ccccc21. The number of nitrogens with two attached hydrogens (primary N) is 1. The van der Waals surface area contributed by atoms with Crippen LogP contribution in [0.3, 0.4) is 0 Å². The molecular formula is C19H17ClN3O3+. The molecule has 132 valence electrons. The van der Waals surface area contributed by atoms with Crippen molar-refractivity contribution in [3.8, 4) is 11.6 Å². The van der Waals surface area contributed by atoms with Crippen LogP contribution in [0.2, 0.25) is 5.02 Å². The number of nitrogens with zero attached hydrogens (tertiary/aromatic N) is 1. The zero-order chi connectivity index (χ0) is 18.3. The topological polar surface area (TPSA) is 91.7 Å². The first-order valence-corrected chi connectivity index (χ1v) is 8.69. The molecule has 1 atom stereocenters. The van der Waals surface area contributed by atoms with Crippen molar-refractivity contribution >= 4 is 11.6 Å². The van der Waals surface area contributed by atoms with Gasteiger partial charge in [-0.1, -0.05) is 35.9 Å². The van der Waals surface area contributed by atoms with Crippen molar-refractivity contribution in [3.05, 3.63) is 91.1 Å². The fourth-order valence-corrected chi connectivity index (χ4v) is 3.65. The second-order valence-corrected chi connectivity index (χ2v) is 6.70. The number of rotatable bonds is 2. The van der Waals surface area contributed by atoms with Gasteiger partial charge in [0.2, 0.25) is 5.88 Å². The Kier molecular flexibility index (Phi) is 4.14. The van der Waals surface area contributed by atoms with E-state index in [0.29, 0.717) is 10.7 Å². The maximum atomic E-state index is 12.5. The molecule has 0 saturated carbocycles. The molecule has 0 radical (unpaired) electrons. The summed E-state index contributed by atoms with van der Waals surface area (Å²) in [5, 5.41) is 13.4. The van der Waals surface area contributed by atoms with Crippen molar-refractivity contribution in [2.24, 2.45) is 0 Å². The van der Waals surface area contributed by atoms with Crippen LogP contribution >= 0.6 is 11.6 Å². The van der Waals surface area contributed by atoms with Gasteiger partial charge in [0.15, 0.2) is 0 Å². The summed E-state index contributed by atoms with van der Waals surface area (Å²) < 4.78 is 1.10. The molecule has 4 N–H and O–H groups in total. The first-order valence-electron chi connectivity index (χ1n) is 8.31. The maximum Gasteiger partial charge on any atom is 0.335 e. The van der Waals surface area contributed by atoms with Gasteiger partial charge in [0.25, 0.3) is 5.56 Å². The van der Waals surface area contributed by atoms with Crippen molar-refractivity contribution in [3.63, 3.8) is 0 Å². The van der Waals surface area contributed by atoms with Gasteiger partial charge >= 0.3 is 5.69 Å². The normalized spacial score (nSPS) is 16.3. The molecule has 0 bridgehead atoms. The van der Waals surface area contributed by atoms with Crippen LogP contribution in [0.4, 0.5) is 0 Å². The number of fused-ring (bicyclic) bond motifs is 1. The number of H-pyrrole nitrogens is 1. The lowest BCUT2D eigenvalue weighted by Crippen LogP contribution is -2.87. The number of hydrogen-bond donors (Lipinski definition) is 3. The Morgan fingerprint density at radius 3 is 2.62 bits per heavy atom.